The van der Waals surface area contributed by atoms with Crippen molar-refractivity contribution in [2.75, 3.05) is 16.8 Å². The van der Waals surface area contributed by atoms with Crippen molar-refractivity contribution in [1.82, 2.24) is 0 Å². The van der Waals surface area contributed by atoms with E-state index in [1.54, 1.807) is 18.2 Å². The smallest absolute Gasteiger partial charge is 0.248 e. The van der Waals surface area contributed by atoms with Crippen LogP contribution in [-0.2, 0) is 17.8 Å². The predicted octanol–water partition coefficient (Wildman–Crippen LogP) is 4.83. The zero-order valence-electron chi connectivity index (χ0n) is 15.3. The first-order chi connectivity index (χ1) is 13.7. The Morgan fingerprint density at radius 2 is 1.96 bits per heavy atom. The van der Waals surface area contributed by atoms with Gasteiger partial charge in [-0.2, -0.15) is 5.26 Å². The Morgan fingerprint density at radius 1 is 1.14 bits per heavy atom. The molecule has 0 atom stereocenters. The number of benzene rings is 2. The average Bonchev–Trinajstić information content (AvgIpc) is 3.21. The highest BCUT2D eigenvalue weighted by atomic mass is 32.1. The summed E-state index contributed by atoms with van der Waals surface area (Å²) in [5.41, 5.74) is 4.60. The first kappa shape index (κ1) is 18.0. The second-order valence-electron chi connectivity index (χ2n) is 6.61. The number of hydrogen-bond acceptors (Lipinski definition) is 4. The molecule has 0 bridgehead atoms. The molecular weight excluding hydrogens is 366 g/mol. The van der Waals surface area contributed by atoms with E-state index in [4.69, 9.17) is 5.26 Å². The van der Waals surface area contributed by atoms with Gasteiger partial charge in [0.25, 0.3) is 0 Å². The molecule has 0 aliphatic carbocycles. The maximum Gasteiger partial charge on any atom is 0.248 e. The van der Waals surface area contributed by atoms with E-state index in [9.17, 15) is 4.79 Å². The fourth-order valence-corrected chi connectivity index (χ4v) is 4.21. The van der Waals surface area contributed by atoms with Gasteiger partial charge in [0.2, 0.25) is 5.91 Å². The Morgan fingerprint density at radius 3 is 2.79 bits per heavy atom. The number of fused-ring (bicyclic) bond motifs is 1. The Labute approximate surface area is 168 Å². The van der Waals surface area contributed by atoms with Gasteiger partial charge in [-0.1, -0.05) is 18.2 Å². The topological polar surface area (TPSA) is 56.1 Å². The van der Waals surface area contributed by atoms with Crippen LogP contribution in [0.2, 0.25) is 0 Å². The molecule has 1 N–H and O–H groups in total. The van der Waals surface area contributed by atoms with Crippen molar-refractivity contribution in [2.45, 2.75) is 13.0 Å². The molecular formula is C23H19N3OS. The molecule has 0 spiro atoms. The minimum atomic E-state index is -0.221. The van der Waals surface area contributed by atoms with Crippen molar-refractivity contribution >= 4 is 34.7 Å². The van der Waals surface area contributed by atoms with Gasteiger partial charge in [-0.25, -0.2) is 0 Å². The lowest BCUT2D eigenvalue weighted by atomic mass is 10.1. The van der Waals surface area contributed by atoms with Gasteiger partial charge >= 0.3 is 0 Å². The summed E-state index contributed by atoms with van der Waals surface area (Å²) in [6, 6.07) is 19.5. The van der Waals surface area contributed by atoms with Crippen molar-refractivity contribution in [2.24, 2.45) is 0 Å². The molecule has 3 aromatic rings. The molecule has 4 rings (SSSR count). The maximum atomic E-state index is 12.2. The second-order valence-corrected chi connectivity index (χ2v) is 7.61. The van der Waals surface area contributed by atoms with Crippen LogP contribution in [0.1, 0.15) is 21.6 Å². The first-order valence-electron chi connectivity index (χ1n) is 9.11. The minimum absolute atomic E-state index is 0.221. The number of rotatable bonds is 4. The van der Waals surface area contributed by atoms with Crippen LogP contribution in [0.4, 0.5) is 11.4 Å². The third-order valence-electron chi connectivity index (χ3n) is 4.80. The average molecular weight is 385 g/mol. The van der Waals surface area contributed by atoms with Gasteiger partial charge in [0.1, 0.15) is 0 Å². The van der Waals surface area contributed by atoms with E-state index in [2.05, 4.69) is 27.7 Å². The summed E-state index contributed by atoms with van der Waals surface area (Å²) < 4.78 is 0. The van der Waals surface area contributed by atoms with Gasteiger partial charge < -0.3 is 10.2 Å². The van der Waals surface area contributed by atoms with Crippen LogP contribution >= 0.6 is 11.3 Å². The third kappa shape index (κ3) is 3.98. The lowest BCUT2D eigenvalue weighted by molar-refractivity contribution is -0.111. The van der Waals surface area contributed by atoms with Crippen LogP contribution in [0.3, 0.4) is 0 Å². The molecule has 1 aromatic heterocycles. The van der Waals surface area contributed by atoms with Crippen LogP contribution in [0.15, 0.2) is 66.1 Å². The molecule has 0 saturated heterocycles. The van der Waals surface area contributed by atoms with Gasteiger partial charge in [-0.05, 0) is 65.4 Å². The molecule has 2 aromatic carbocycles. The molecule has 1 amide bonds. The van der Waals surface area contributed by atoms with Crippen molar-refractivity contribution in [3.63, 3.8) is 0 Å². The number of amides is 1. The van der Waals surface area contributed by atoms with Crippen LogP contribution in [0.5, 0.6) is 0 Å². The first-order valence-corrected chi connectivity index (χ1v) is 9.99. The Balaban J connectivity index is 1.39. The van der Waals surface area contributed by atoms with E-state index in [1.165, 1.54) is 16.5 Å². The molecule has 1 aliphatic heterocycles. The number of anilines is 2. The Bertz CT molecular complexity index is 1060. The lowest BCUT2D eigenvalue weighted by Crippen LogP contribution is -2.29. The normalized spacial score (nSPS) is 13.2. The zero-order valence-corrected chi connectivity index (χ0v) is 16.1. The van der Waals surface area contributed by atoms with E-state index in [0.717, 1.165) is 36.4 Å². The maximum absolute atomic E-state index is 12.2. The molecule has 138 valence electrons. The molecule has 5 heteroatoms. The van der Waals surface area contributed by atoms with Crippen molar-refractivity contribution < 1.29 is 4.79 Å². The van der Waals surface area contributed by atoms with Crippen molar-refractivity contribution in [3.8, 4) is 6.07 Å². The highest BCUT2D eigenvalue weighted by molar-refractivity contribution is 7.10. The van der Waals surface area contributed by atoms with Crippen molar-refractivity contribution in [1.29, 1.82) is 5.26 Å². The summed E-state index contributed by atoms with van der Waals surface area (Å²) in [4.78, 5) is 16.0. The summed E-state index contributed by atoms with van der Waals surface area (Å²) in [6.07, 6.45) is 4.20. The van der Waals surface area contributed by atoms with E-state index in [0.29, 0.717) is 5.56 Å². The van der Waals surface area contributed by atoms with Gasteiger partial charge in [0, 0.05) is 35.4 Å². The summed E-state index contributed by atoms with van der Waals surface area (Å²) >= 11 is 1.84. The molecule has 0 saturated carbocycles. The van der Waals surface area contributed by atoms with E-state index in [-0.39, 0.29) is 5.91 Å². The number of nitriles is 1. The van der Waals surface area contributed by atoms with E-state index >= 15 is 0 Å². The van der Waals surface area contributed by atoms with E-state index in [1.807, 2.05) is 47.7 Å². The van der Waals surface area contributed by atoms with Gasteiger partial charge in [0.15, 0.2) is 0 Å². The monoisotopic (exact) mass is 385 g/mol. The van der Waals surface area contributed by atoms with Gasteiger partial charge in [-0.3, -0.25) is 4.79 Å². The summed E-state index contributed by atoms with van der Waals surface area (Å²) in [7, 11) is 0. The summed E-state index contributed by atoms with van der Waals surface area (Å²) in [6.45, 7) is 1.95. The third-order valence-corrected chi connectivity index (χ3v) is 5.83. The molecule has 4 nitrogen and oxygen atoms in total. The number of hydrogen-bond donors (Lipinski definition) is 1. The Kier molecular flexibility index (Phi) is 5.22. The fraction of sp³-hybridized carbons (Fsp3) is 0.130. The van der Waals surface area contributed by atoms with Crippen LogP contribution in [0.25, 0.3) is 6.08 Å². The molecule has 1 aliphatic rings. The van der Waals surface area contributed by atoms with Crippen LogP contribution in [0, 0.1) is 11.3 Å². The predicted molar refractivity (Wildman–Crippen MR) is 114 cm³/mol. The lowest BCUT2D eigenvalue weighted by Gasteiger charge is -2.29. The SMILES string of the molecule is N#Cc1ccccc1/C=C/C(=O)Nc1ccc(N2CCc3sccc3C2)cc1. The second kappa shape index (κ2) is 8.12. The molecule has 0 fully saturated rings. The van der Waals surface area contributed by atoms with Gasteiger partial charge in [0.05, 0.1) is 11.6 Å². The molecule has 2 heterocycles. The van der Waals surface area contributed by atoms with E-state index < -0.39 is 0 Å². The minimum Gasteiger partial charge on any atom is -0.367 e. The largest absolute Gasteiger partial charge is 0.367 e. The highest BCUT2D eigenvalue weighted by Gasteiger charge is 2.17. The highest BCUT2D eigenvalue weighted by Crippen LogP contribution is 2.28. The molecule has 28 heavy (non-hydrogen) atoms. The molecule has 0 unspecified atom stereocenters. The molecule has 0 radical (unpaired) electrons. The number of nitrogens with one attached hydrogen (secondary N) is 1. The standard InChI is InChI=1S/C23H19N3OS/c24-15-18-4-2-1-3-17(18)5-10-23(27)25-20-6-8-21(9-7-20)26-13-11-22-19(16-26)12-14-28-22/h1-10,12,14H,11,13,16H2,(H,25,27)/b10-5+. The van der Waals surface area contributed by atoms with Gasteiger partial charge in [-0.15, -0.1) is 11.3 Å². The van der Waals surface area contributed by atoms with Crippen LogP contribution < -0.4 is 10.2 Å². The fourth-order valence-electron chi connectivity index (χ4n) is 3.32. The zero-order chi connectivity index (χ0) is 19.3. The number of thiophene rings is 1. The van der Waals surface area contributed by atoms with Crippen LogP contribution in [-0.4, -0.2) is 12.5 Å². The summed E-state index contributed by atoms with van der Waals surface area (Å²) in [5, 5.41) is 14.1. The summed E-state index contributed by atoms with van der Waals surface area (Å²) in [5.74, 6) is -0.221. The van der Waals surface area contributed by atoms with Crippen molar-refractivity contribution in [3.05, 3.63) is 87.6 Å². The Hall–Kier alpha value is -3.36. The quantitative estimate of drug-likeness (QED) is 0.654. The number of carbonyl (C=O) groups is 1. The number of nitrogens with zero attached hydrogens (tertiary/aromatic N) is 2. The number of carbonyl (C=O) groups excluding carboxylic acids is 1.